The van der Waals surface area contributed by atoms with Crippen molar-refractivity contribution in [2.24, 2.45) is 0 Å². The van der Waals surface area contributed by atoms with Gasteiger partial charge in [-0.25, -0.2) is 0 Å². The quantitative estimate of drug-likeness (QED) is 0.153. The molecule has 1 nitrogen and oxygen atoms in total. The summed E-state index contributed by atoms with van der Waals surface area (Å²) in [5.41, 5.74) is 4.58. The van der Waals surface area contributed by atoms with E-state index >= 15 is 0 Å². The van der Waals surface area contributed by atoms with E-state index in [1.54, 1.807) is 0 Å². The highest BCUT2D eigenvalue weighted by molar-refractivity contribution is 7.85. The van der Waals surface area contributed by atoms with E-state index in [4.69, 9.17) is 0 Å². The van der Waals surface area contributed by atoms with Gasteiger partial charge in [0, 0.05) is 15.9 Å². The van der Waals surface area contributed by atoms with Gasteiger partial charge in [-0.3, -0.25) is 0 Å². The first-order valence-corrected chi connectivity index (χ1v) is 16.0. The Morgan fingerprint density at radius 2 is 0.881 bits per heavy atom. The van der Waals surface area contributed by atoms with Crippen molar-refractivity contribution in [3.63, 3.8) is 0 Å². The van der Waals surface area contributed by atoms with Gasteiger partial charge in [0.2, 0.25) is 0 Å². The second-order valence-electron chi connectivity index (χ2n) is 10.9. The molecule has 2 heteroatoms. The highest BCUT2D eigenvalue weighted by atomic mass is 31.2. The van der Waals surface area contributed by atoms with Crippen molar-refractivity contribution in [2.75, 3.05) is 0 Å². The molecule has 0 spiro atoms. The van der Waals surface area contributed by atoms with Gasteiger partial charge in [-0.1, -0.05) is 158 Å². The van der Waals surface area contributed by atoms with Crippen molar-refractivity contribution < 1.29 is 4.57 Å². The van der Waals surface area contributed by atoms with Crippen LogP contribution in [0.2, 0.25) is 0 Å². The summed E-state index contributed by atoms with van der Waals surface area (Å²) < 4.78 is 14.9. The first-order chi connectivity index (χ1) is 20.7. The van der Waals surface area contributed by atoms with Gasteiger partial charge in [0.1, 0.15) is 0 Å². The van der Waals surface area contributed by atoms with Crippen LogP contribution in [0.4, 0.5) is 0 Å². The number of hydrogen-bond acceptors (Lipinski definition) is 1. The van der Waals surface area contributed by atoms with Crippen LogP contribution in [0.25, 0.3) is 54.6 Å². The van der Waals surface area contributed by atoms with E-state index in [1.165, 1.54) is 43.4 Å². The minimum absolute atomic E-state index is 0.841. The highest BCUT2D eigenvalue weighted by Crippen LogP contribution is 2.43. The molecule has 0 bridgehead atoms. The lowest BCUT2D eigenvalue weighted by Gasteiger charge is -2.20. The van der Waals surface area contributed by atoms with Gasteiger partial charge in [0.05, 0.1) is 0 Å². The third-order valence-electron chi connectivity index (χ3n) is 8.51. The van der Waals surface area contributed by atoms with Crippen LogP contribution in [-0.4, -0.2) is 0 Å². The van der Waals surface area contributed by atoms with Gasteiger partial charge in [0.25, 0.3) is 0 Å². The van der Waals surface area contributed by atoms with Crippen molar-refractivity contribution in [1.29, 1.82) is 0 Å². The normalized spacial score (nSPS) is 11.9. The molecule has 8 aromatic carbocycles. The Balaban J connectivity index is 1.22. The Kier molecular flexibility index (Phi) is 5.81. The zero-order valence-electron chi connectivity index (χ0n) is 22.9. The second-order valence-corrected chi connectivity index (χ2v) is 13.6. The topological polar surface area (TPSA) is 17.1 Å². The molecular weight excluding hydrogens is 527 g/mol. The standard InChI is InChI=1S/C40H27OP/c41-42(34-12-3-1-4-13-34,35-14-5-2-6-15-35)36-16-8-11-33(27-36)28-17-19-29(20-18-28)37-25-23-32-22-21-30-9-7-10-31-24-26-38(37)40(32)39(30)31/h1-27H. The van der Waals surface area contributed by atoms with Crippen LogP contribution in [0.5, 0.6) is 0 Å². The van der Waals surface area contributed by atoms with Crippen LogP contribution >= 0.6 is 7.14 Å². The molecule has 0 atom stereocenters. The molecule has 8 rings (SSSR count). The Bertz CT molecular complexity index is 2190. The molecule has 0 saturated carbocycles. The number of benzene rings is 8. The van der Waals surface area contributed by atoms with Crippen LogP contribution in [-0.2, 0) is 4.57 Å². The molecule has 198 valence electrons. The molecule has 42 heavy (non-hydrogen) atoms. The minimum Gasteiger partial charge on any atom is -0.309 e. The Morgan fingerprint density at radius 3 is 1.55 bits per heavy atom. The second kappa shape index (κ2) is 9.84. The fourth-order valence-corrected chi connectivity index (χ4v) is 9.13. The molecule has 0 saturated heterocycles. The molecule has 8 aromatic rings. The molecule has 0 aromatic heterocycles. The largest absolute Gasteiger partial charge is 0.309 e. The molecule has 0 heterocycles. The van der Waals surface area contributed by atoms with Gasteiger partial charge in [0.15, 0.2) is 7.14 Å². The summed E-state index contributed by atoms with van der Waals surface area (Å²) in [5.74, 6) is 0. The third-order valence-corrected chi connectivity index (χ3v) is 11.6. The molecule has 0 amide bonds. The van der Waals surface area contributed by atoms with Crippen LogP contribution < -0.4 is 15.9 Å². The minimum atomic E-state index is -3.04. The summed E-state index contributed by atoms with van der Waals surface area (Å²) in [6, 6.07) is 56.7. The van der Waals surface area contributed by atoms with E-state index in [0.717, 1.165) is 27.0 Å². The lowest BCUT2D eigenvalue weighted by Crippen LogP contribution is -2.25. The van der Waals surface area contributed by atoms with Crippen molar-refractivity contribution in [1.82, 2.24) is 0 Å². The summed E-state index contributed by atoms with van der Waals surface area (Å²) in [6.45, 7) is 0. The third kappa shape index (κ3) is 3.90. The van der Waals surface area contributed by atoms with E-state index in [2.05, 4.69) is 91.0 Å². The van der Waals surface area contributed by atoms with Crippen LogP contribution in [0.15, 0.2) is 164 Å². The maximum absolute atomic E-state index is 14.9. The number of hydrogen-bond donors (Lipinski definition) is 0. The van der Waals surface area contributed by atoms with Gasteiger partial charge in [-0.05, 0) is 60.6 Å². The Morgan fingerprint density at radius 1 is 0.357 bits per heavy atom. The molecular formula is C40H27OP. The predicted octanol–water partition coefficient (Wildman–Crippen LogP) is 9.56. The summed E-state index contributed by atoms with van der Waals surface area (Å²) in [7, 11) is -3.04. The van der Waals surface area contributed by atoms with Gasteiger partial charge >= 0.3 is 0 Å². The van der Waals surface area contributed by atoms with Crippen molar-refractivity contribution >= 4 is 55.4 Å². The first kappa shape index (κ1) is 24.8. The average molecular weight is 555 g/mol. The maximum Gasteiger partial charge on any atom is 0.171 e. The zero-order chi connectivity index (χ0) is 28.1. The van der Waals surface area contributed by atoms with Crippen molar-refractivity contribution in [3.8, 4) is 22.3 Å². The smallest absolute Gasteiger partial charge is 0.171 e. The molecule has 0 radical (unpaired) electrons. The van der Waals surface area contributed by atoms with E-state index in [-0.39, 0.29) is 0 Å². The monoisotopic (exact) mass is 554 g/mol. The summed E-state index contributed by atoms with van der Waals surface area (Å²) in [4.78, 5) is 0. The molecule has 0 aliphatic heterocycles. The lowest BCUT2D eigenvalue weighted by molar-refractivity contribution is 0.592. The van der Waals surface area contributed by atoms with Crippen LogP contribution in [0.1, 0.15) is 0 Å². The highest BCUT2D eigenvalue weighted by Gasteiger charge is 2.29. The molecule has 0 fully saturated rings. The van der Waals surface area contributed by atoms with E-state index in [0.29, 0.717) is 0 Å². The summed E-state index contributed by atoms with van der Waals surface area (Å²) in [6.07, 6.45) is 0. The van der Waals surface area contributed by atoms with Gasteiger partial charge in [-0.15, -0.1) is 0 Å². The molecule has 0 aliphatic rings. The zero-order valence-corrected chi connectivity index (χ0v) is 23.8. The van der Waals surface area contributed by atoms with Crippen molar-refractivity contribution in [2.45, 2.75) is 0 Å². The average Bonchev–Trinajstić information content (AvgIpc) is 3.08. The Hall–Kier alpha value is -4.97. The summed E-state index contributed by atoms with van der Waals surface area (Å²) in [5, 5.41) is 10.3. The van der Waals surface area contributed by atoms with Crippen LogP contribution in [0.3, 0.4) is 0 Å². The van der Waals surface area contributed by atoms with Crippen LogP contribution in [0, 0.1) is 0 Å². The summed E-state index contributed by atoms with van der Waals surface area (Å²) >= 11 is 0. The molecule has 0 N–H and O–H groups in total. The number of rotatable bonds is 5. The van der Waals surface area contributed by atoms with E-state index < -0.39 is 7.14 Å². The van der Waals surface area contributed by atoms with E-state index in [1.807, 2.05) is 72.8 Å². The lowest BCUT2D eigenvalue weighted by atomic mass is 9.89. The predicted molar refractivity (Wildman–Crippen MR) is 180 cm³/mol. The SMILES string of the molecule is O=P(c1ccccc1)(c1ccccc1)c1cccc(-c2ccc(-c3ccc4ccc5cccc6ccc3c4c56)cc2)c1. The molecule has 0 unspecified atom stereocenters. The van der Waals surface area contributed by atoms with E-state index in [9.17, 15) is 4.57 Å². The van der Waals surface area contributed by atoms with Crippen molar-refractivity contribution in [3.05, 3.63) is 164 Å². The fourth-order valence-electron chi connectivity index (χ4n) is 6.43. The first-order valence-electron chi connectivity index (χ1n) is 14.3. The molecule has 0 aliphatic carbocycles. The maximum atomic E-state index is 14.9. The van der Waals surface area contributed by atoms with Gasteiger partial charge in [-0.2, -0.15) is 0 Å². The Labute approximate surface area is 245 Å². The van der Waals surface area contributed by atoms with Gasteiger partial charge < -0.3 is 4.57 Å². The fraction of sp³-hybridized carbons (Fsp3) is 0.